The van der Waals surface area contributed by atoms with Crippen molar-refractivity contribution in [2.24, 2.45) is 0 Å². The molecule has 0 aliphatic carbocycles. The number of nitrogens with one attached hydrogen (secondary N) is 1. The maximum absolute atomic E-state index is 13.3. The van der Waals surface area contributed by atoms with Crippen LogP contribution in [0.1, 0.15) is 15.9 Å². The minimum atomic E-state index is -0.433. The summed E-state index contributed by atoms with van der Waals surface area (Å²) >= 11 is 1.61. The van der Waals surface area contributed by atoms with E-state index in [4.69, 9.17) is 0 Å². The molecule has 1 heterocycles. The van der Waals surface area contributed by atoms with Crippen molar-refractivity contribution >= 4 is 33.1 Å². The Hall–Kier alpha value is -3.05. The molecule has 1 aromatic heterocycles. The third kappa shape index (κ3) is 3.21. The zero-order valence-electron chi connectivity index (χ0n) is 14.0. The van der Waals surface area contributed by atoms with Crippen LogP contribution in [0.3, 0.4) is 0 Å². The minimum absolute atomic E-state index is 0.287. The number of halogens is 1. The van der Waals surface area contributed by atoms with Crippen molar-refractivity contribution in [1.29, 1.82) is 0 Å². The van der Waals surface area contributed by atoms with E-state index < -0.39 is 5.82 Å². The van der Waals surface area contributed by atoms with Crippen LogP contribution in [0.15, 0.2) is 66.7 Å². The number of carbonyl (C=O) groups excluding carboxylic acids is 1. The standard InChI is InChI=1S/C21H15FN2OS/c1-13-9-10-15(21-24-17-7-2-3-8-19(17)26-21)12-18(13)23-20(25)14-5-4-6-16(22)11-14/h2-12H,1H3,(H,23,25). The summed E-state index contributed by atoms with van der Waals surface area (Å²) in [5.41, 5.74) is 3.80. The van der Waals surface area contributed by atoms with Crippen LogP contribution in [-0.2, 0) is 0 Å². The number of fused-ring (bicyclic) bond motifs is 1. The Bertz CT molecular complexity index is 1090. The first-order valence-electron chi connectivity index (χ1n) is 8.14. The van der Waals surface area contributed by atoms with E-state index in [1.807, 2.05) is 49.4 Å². The lowest BCUT2D eigenvalue weighted by molar-refractivity contribution is 0.102. The molecule has 4 rings (SSSR count). The molecule has 0 aliphatic rings. The molecule has 26 heavy (non-hydrogen) atoms. The first-order chi connectivity index (χ1) is 12.6. The van der Waals surface area contributed by atoms with E-state index in [2.05, 4.69) is 10.3 Å². The zero-order chi connectivity index (χ0) is 18.1. The summed E-state index contributed by atoms with van der Waals surface area (Å²) in [6, 6.07) is 19.5. The second-order valence-corrected chi connectivity index (χ2v) is 7.01. The van der Waals surface area contributed by atoms with Crippen molar-refractivity contribution in [3.8, 4) is 10.6 Å². The quantitative estimate of drug-likeness (QED) is 0.511. The Balaban J connectivity index is 1.67. The van der Waals surface area contributed by atoms with Gasteiger partial charge in [0.05, 0.1) is 10.2 Å². The van der Waals surface area contributed by atoms with E-state index in [9.17, 15) is 9.18 Å². The largest absolute Gasteiger partial charge is 0.322 e. The summed E-state index contributed by atoms with van der Waals surface area (Å²) in [5.74, 6) is -0.772. The van der Waals surface area contributed by atoms with Gasteiger partial charge in [-0.05, 0) is 48.9 Å². The van der Waals surface area contributed by atoms with Crippen molar-refractivity contribution in [2.75, 3.05) is 5.32 Å². The van der Waals surface area contributed by atoms with Crippen molar-refractivity contribution in [3.05, 3.63) is 83.7 Å². The molecule has 1 N–H and O–H groups in total. The number of hydrogen-bond donors (Lipinski definition) is 1. The van der Waals surface area contributed by atoms with Gasteiger partial charge in [-0.25, -0.2) is 9.37 Å². The smallest absolute Gasteiger partial charge is 0.255 e. The van der Waals surface area contributed by atoms with Gasteiger partial charge in [0.2, 0.25) is 0 Å². The molecule has 0 saturated heterocycles. The number of thiazole rings is 1. The Kier molecular flexibility index (Phi) is 4.22. The molecule has 3 aromatic carbocycles. The van der Waals surface area contributed by atoms with Gasteiger partial charge < -0.3 is 5.32 Å². The topological polar surface area (TPSA) is 42.0 Å². The molecule has 0 fully saturated rings. The van der Waals surface area contributed by atoms with Gasteiger partial charge in [0.1, 0.15) is 10.8 Å². The van der Waals surface area contributed by atoms with E-state index in [0.29, 0.717) is 5.69 Å². The lowest BCUT2D eigenvalue weighted by Gasteiger charge is -2.10. The molecule has 5 heteroatoms. The van der Waals surface area contributed by atoms with Crippen LogP contribution in [0, 0.1) is 12.7 Å². The lowest BCUT2D eigenvalue weighted by Crippen LogP contribution is -2.13. The van der Waals surface area contributed by atoms with Crippen LogP contribution in [0.4, 0.5) is 10.1 Å². The maximum atomic E-state index is 13.3. The number of anilines is 1. The third-order valence-electron chi connectivity index (χ3n) is 4.11. The van der Waals surface area contributed by atoms with Crippen LogP contribution in [0.25, 0.3) is 20.8 Å². The number of nitrogens with zero attached hydrogens (tertiary/aromatic N) is 1. The molecule has 0 atom stereocenters. The van der Waals surface area contributed by atoms with Gasteiger partial charge in [-0.1, -0.05) is 30.3 Å². The average Bonchev–Trinajstić information content (AvgIpc) is 3.07. The summed E-state index contributed by atoms with van der Waals surface area (Å²) in [4.78, 5) is 17.1. The van der Waals surface area contributed by atoms with Crippen LogP contribution in [-0.4, -0.2) is 10.9 Å². The molecule has 3 nitrogen and oxygen atoms in total. The highest BCUT2D eigenvalue weighted by atomic mass is 32.1. The van der Waals surface area contributed by atoms with Crippen molar-refractivity contribution < 1.29 is 9.18 Å². The Labute approximate surface area is 154 Å². The lowest BCUT2D eigenvalue weighted by atomic mass is 10.1. The van der Waals surface area contributed by atoms with Crippen LogP contribution < -0.4 is 5.32 Å². The summed E-state index contributed by atoms with van der Waals surface area (Å²) in [6.07, 6.45) is 0. The SMILES string of the molecule is Cc1ccc(-c2nc3ccccc3s2)cc1NC(=O)c1cccc(F)c1. The fourth-order valence-electron chi connectivity index (χ4n) is 2.71. The molecular formula is C21H15FN2OS. The average molecular weight is 362 g/mol. The molecule has 1 amide bonds. The molecule has 0 radical (unpaired) electrons. The number of hydrogen-bond acceptors (Lipinski definition) is 3. The van der Waals surface area contributed by atoms with Crippen molar-refractivity contribution in [1.82, 2.24) is 4.98 Å². The number of benzene rings is 3. The molecular weight excluding hydrogens is 347 g/mol. The molecule has 0 spiro atoms. The maximum Gasteiger partial charge on any atom is 0.255 e. The molecule has 0 bridgehead atoms. The monoisotopic (exact) mass is 362 g/mol. The predicted octanol–water partition coefficient (Wildman–Crippen LogP) is 5.66. The van der Waals surface area contributed by atoms with Gasteiger partial charge in [0.25, 0.3) is 5.91 Å². The molecule has 0 unspecified atom stereocenters. The highest BCUT2D eigenvalue weighted by Gasteiger charge is 2.11. The van der Waals surface area contributed by atoms with Gasteiger partial charge in [-0.15, -0.1) is 11.3 Å². The van der Waals surface area contributed by atoms with E-state index >= 15 is 0 Å². The van der Waals surface area contributed by atoms with Crippen molar-refractivity contribution in [2.45, 2.75) is 6.92 Å². The Morgan fingerprint density at radius 1 is 1.04 bits per heavy atom. The van der Waals surface area contributed by atoms with Gasteiger partial charge >= 0.3 is 0 Å². The molecule has 0 saturated carbocycles. The normalized spacial score (nSPS) is 10.8. The molecule has 0 aliphatic heterocycles. The Morgan fingerprint density at radius 2 is 1.88 bits per heavy atom. The Morgan fingerprint density at radius 3 is 2.69 bits per heavy atom. The van der Waals surface area contributed by atoms with E-state index in [-0.39, 0.29) is 11.5 Å². The van der Waals surface area contributed by atoms with E-state index in [0.717, 1.165) is 26.4 Å². The highest BCUT2D eigenvalue weighted by Crippen LogP contribution is 2.32. The van der Waals surface area contributed by atoms with Crippen molar-refractivity contribution in [3.63, 3.8) is 0 Å². The summed E-state index contributed by atoms with van der Waals surface area (Å²) in [7, 11) is 0. The number of carbonyl (C=O) groups is 1. The van der Waals surface area contributed by atoms with Gasteiger partial charge in [-0.2, -0.15) is 0 Å². The number of aryl methyl sites for hydroxylation is 1. The predicted molar refractivity (Wildman–Crippen MR) is 104 cm³/mol. The van der Waals surface area contributed by atoms with Gasteiger partial charge in [0, 0.05) is 16.8 Å². The third-order valence-corrected chi connectivity index (χ3v) is 5.20. The van der Waals surface area contributed by atoms with Gasteiger partial charge in [0.15, 0.2) is 0 Å². The molecule has 4 aromatic rings. The highest BCUT2D eigenvalue weighted by molar-refractivity contribution is 7.21. The second-order valence-electron chi connectivity index (χ2n) is 5.98. The van der Waals surface area contributed by atoms with Crippen LogP contribution >= 0.6 is 11.3 Å². The van der Waals surface area contributed by atoms with Gasteiger partial charge in [-0.3, -0.25) is 4.79 Å². The fraction of sp³-hybridized carbons (Fsp3) is 0.0476. The van der Waals surface area contributed by atoms with E-state index in [1.54, 1.807) is 17.4 Å². The number of para-hydroxylation sites is 1. The minimum Gasteiger partial charge on any atom is -0.322 e. The van der Waals surface area contributed by atoms with Crippen LogP contribution in [0.5, 0.6) is 0 Å². The number of amides is 1. The number of aromatic nitrogens is 1. The summed E-state index contributed by atoms with van der Waals surface area (Å²) in [6.45, 7) is 1.92. The van der Waals surface area contributed by atoms with Crippen LogP contribution in [0.2, 0.25) is 0 Å². The summed E-state index contributed by atoms with van der Waals surface area (Å²) in [5, 5.41) is 3.76. The fourth-order valence-corrected chi connectivity index (χ4v) is 3.67. The van der Waals surface area contributed by atoms with E-state index in [1.165, 1.54) is 18.2 Å². The zero-order valence-corrected chi connectivity index (χ0v) is 14.8. The summed E-state index contributed by atoms with van der Waals surface area (Å²) < 4.78 is 14.5. The second kappa shape index (κ2) is 6.69. The first kappa shape index (κ1) is 16.4. The first-order valence-corrected chi connectivity index (χ1v) is 8.95. The number of rotatable bonds is 3. The molecule has 128 valence electrons.